The maximum atomic E-state index is 14.1. The number of halogens is 1. The van der Waals surface area contributed by atoms with Crippen LogP contribution in [0.1, 0.15) is 17.7 Å². The molecule has 2 aromatic heterocycles. The first-order valence-electron chi connectivity index (χ1n) is 11.2. The van der Waals surface area contributed by atoms with Crippen LogP contribution in [0.2, 0.25) is 0 Å². The number of carbonyl (C=O) groups is 1. The van der Waals surface area contributed by atoms with Gasteiger partial charge in [-0.25, -0.2) is 9.37 Å². The minimum absolute atomic E-state index is 0.0126. The molecule has 0 saturated carbocycles. The molecule has 0 radical (unpaired) electrons. The first-order chi connectivity index (χ1) is 16.0. The molecule has 7 nitrogen and oxygen atoms in total. The number of anilines is 1. The molecule has 4 heterocycles. The highest BCUT2D eigenvalue weighted by Gasteiger charge is 2.27. The summed E-state index contributed by atoms with van der Waals surface area (Å²) in [4.78, 5) is 26.3. The van der Waals surface area contributed by atoms with Crippen LogP contribution in [0.3, 0.4) is 0 Å². The number of aromatic amines is 1. The molecular weight excluding hydrogens is 421 g/mol. The molecule has 2 aliphatic heterocycles. The maximum absolute atomic E-state index is 14.1. The van der Waals surface area contributed by atoms with Crippen LogP contribution >= 0.6 is 0 Å². The zero-order valence-corrected chi connectivity index (χ0v) is 18.9. The summed E-state index contributed by atoms with van der Waals surface area (Å²) in [7, 11) is 3.75. The predicted octanol–water partition coefficient (Wildman–Crippen LogP) is 2.86. The fraction of sp³-hybridized carbons (Fsp3) is 0.360. The number of aliphatic hydroxyl groups is 1. The van der Waals surface area contributed by atoms with Gasteiger partial charge in [-0.2, -0.15) is 0 Å². The second kappa shape index (κ2) is 8.61. The molecular formula is C25H28FN5O2. The molecule has 1 amide bonds. The van der Waals surface area contributed by atoms with E-state index in [0.29, 0.717) is 26.2 Å². The Labute approximate surface area is 192 Å². The first-order valence-corrected chi connectivity index (χ1v) is 11.2. The molecule has 3 aromatic rings. The van der Waals surface area contributed by atoms with Crippen molar-refractivity contribution in [3.05, 3.63) is 53.6 Å². The molecule has 1 aromatic carbocycles. The number of hydrogen-bond acceptors (Lipinski definition) is 5. The van der Waals surface area contributed by atoms with E-state index in [2.05, 4.69) is 25.8 Å². The largest absolute Gasteiger partial charge is 0.395 e. The molecule has 0 unspecified atom stereocenters. The number of pyridine rings is 1. The Kier molecular flexibility index (Phi) is 5.64. The van der Waals surface area contributed by atoms with Crippen molar-refractivity contribution in [3.8, 4) is 11.1 Å². The van der Waals surface area contributed by atoms with Crippen molar-refractivity contribution < 1.29 is 14.3 Å². The van der Waals surface area contributed by atoms with E-state index in [1.165, 1.54) is 17.2 Å². The zero-order valence-electron chi connectivity index (χ0n) is 18.9. The topological polar surface area (TPSA) is 75.7 Å². The van der Waals surface area contributed by atoms with Gasteiger partial charge < -0.3 is 19.9 Å². The van der Waals surface area contributed by atoms with Crippen LogP contribution in [0.4, 0.5) is 10.1 Å². The Morgan fingerprint density at radius 1 is 1.30 bits per heavy atom. The van der Waals surface area contributed by atoms with Crippen LogP contribution in [0.25, 0.3) is 27.7 Å². The number of nitrogens with zero attached hydrogens (tertiary/aromatic N) is 4. The van der Waals surface area contributed by atoms with E-state index in [0.717, 1.165) is 46.5 Å². The number of amides is 1. The van der Waals surface area contributed by atoms with Crippen molar-refractivity contribution >= 4 is 28.2 Å². The van der Waals surface area contributed by atoms with Crippen molar-refractivity contribution in [3.63, 3.8) is 0 Å². The summed E-state index contributed by atoms with van der Waals surface area (Å²) in [6.07, 6.45) is 4.77. The maximum Gasteiger partial charge on any atom is 0.236 e. The van der Waals surface area contributed by atoms with Crippen molar-refractivity contribution in [1.82, 2.24) is 19.8 Å². The van der Waals surface area contributed by atoms with Gasteiger partial charge in [0, 0.05) is 74.4 Å². The fourth-order valence-electron chi connectivity index (χ4n) is 4.89. The second-order valence-electron chi connectivity index (χ2n) is 8.83. The van der Waals surface area contributed by atoms with Gasteiger partial charge >= 0.3 is 0 Å². The molecule has 0 bridgehead atoms. The Morgan fingerprint density at radius 3 is 2.91 bits per heavy atom. The van der Waals surface area contributed by atoms with E-state index < -0.39 is 0 Å². The monoisotopic (exact) mass is 449 g/mol. The summed E-state index contributed by atoms with van der Waals surface area (Å²) in [5.41, 5.74) is 7.15. The number of aromatic nitrogens is 2. The molecule has 0 fully saturated rings. The lowest BCUT2D eigenvalue weighted by molar-refractivity contribution is -0.131. The molecule has 0 atom stereocenters. The Hall–Kier alpha value is -3.23. The number of carbonyl (C=O) groups excluding carboxylic acids is 1. The highest BCUT2D eigenvalue weighted by molar-refractivity contribution is 6.02. The van der Waals surface area contributed by atoms with Gasteiger partial charge in [-0.3, -0.25) is 9.69 Å². The Balaban J connectivity index is 1.47. The van der Waals surface area contributed by atoms with Gasteiger partial charge in [0.15, 0.2) is 0 Å². The standard InChI is InChI=1S/C25H28FN5O2/c1-29(11-12-32)22(33)15-31-9-6-16(7-10-31)24-20-14-30(2)21-4-3-17(26)13-19(21)18-5-8-27-25(28-24)23(18)20/h3-6,8,13,32H,7,9-12,14-15H2,1-2H3,(H,27,28). The summed E-state index contributed by atoms with van der Waals surface area (Å²) in [6.45, 7) is 2.82. The normalized spacial score (nSPS) is 15.9. The number of hydrogen-bond donors (Lipinski definition) is 2. The summed E-state index contributed by atoms with van der Waals surface area (Å²) in [6, 6.07) is 6.92. The molecule has 172 valence electrons. The van der Waals surface area contributed by atoms with E-state index in [1.54, 1.807) is 24.2 Å². The number of likely N-dealkylation sites (N-methyl/N-ethyl adjacent to an activating group) is 1. The van der Waals surface area contributed by atoms with Crippen molar-refractivity contribution in [2.24, 2.45) is 0 Å². The molecule has 0 saturated heterocycles. The number of H-pyrrole nitrogens is 1. The number of nitrogens with one attached hydrogen (secondary N) is 1. The molecule has 33 heavy (non-hydrogen) atoms. The van der Waals surface area contributed by atoms with E-state index in [1.807, 2.05) is 19.2 Å². The summed E-state index contributed by atoms with van der Waals surface area (Å²) < 4.78 is 14.1. The predicted molar refractivity (Wildman–Crippen MR) is 127 cm³/mol. The zero-order chi connectivity index (χ0) is 23.1. The second-order valence-corrected chi connectivity index (χ2v) is 8.83. The quantitative estimate of drug-likeness (QED) is 0.627. The first kappa shape index (κ1) is 21.6. The lowest BCUT2D eigenvalue weighted by atomic mass is 9.97. The molecule has 0 spiro atoms. The summed E-state index contributed by atoms with van der Waals surface area (Å²) in [5, 5.41) is 10.1. The van der Waals surface area contributed by atoms with Crippen LogP contribution in [0.15, 0.2) is 36.5 Å². The third kappa shape index (κ3) is 3.89. The Morgan fingerprint density at radius 2 is 2.15 bits per heavy atom. The third-order valence-electron chi connectivity index (χ3n) is 6.69. The average molecular weight is 450 g/mol. The molecule has 2 N–H and O–H groups in total. The molecule has 2 aliphatic rings. The third-order valence-corrected chi connectivity index (χ3v) is 6.69. The summed E-state index contributed by atoms with van der Waals surface area (Å²) in [5.74, 6) is -0.237. The molecule has 5 rings (SSSR count). The van der Waals surface area contributed by atoms with Gasteiger partial charge in [0.1, 0.15) is 11.5 Å². The highest BCUT2D eigenvalue weighted by atomic mass is 19.1. The van der Waals surface area contributed by atoms with Gasteiger partial charge in [0.25, 0.3) is 0 Å². The van der Waals surface area contributed by atoms with Crippen molar-refractivity contribution in [2.45, 2.75) is 13.0 Å². The van der Waals surface area contributed by atoms with E-state index >= 15 is 0 Å². The van der Waals surface area contributed by atoms with Gasteiger partial charge in [-0.15, -0.1) is 0 Å². The number of aliphatic hydroxyl groups excluding tert-OH is 1. The smallest absolute Gasteiger partial charge is 0.236 e. The van der Waals surface area contributed by atoms with Crippen LogP contribution < -0.4 is 4.90 Å². The van der Waals surface area contributed by atoms with Gasteiger partial charge in [-0.05, 0) is 41.8 Å². The lowest BCUT2D eigenvalue weighted by Crippen LogP contribution is -2.41. The van der Waals surface area contributed by atoms with Crippen molar-refractivity contribution in [1.29, 1.82) is 0 Å². The van der Waals surface area contributed by atoms with E-state index in [9.17, 15) is 9.18 Å². The van der Waals surface area contributed by atoms with Crippen LogP contribution in [0, 0.1) is 5.82 Å². The van der Waals surface area contributed by atoms with Gasteiger partial charge in [0.05, 0.1) is 13.2 Å². The van der Waals surface area contributed by atoms with Crippen LogP contribution in [0.5, 0.6) is 0 Å². The Bertz CT molecular complexity index is 1250. The van der Waals surface area contributed by atoms with Gasteiger partial charge in [0.2, 0.25) is 5.91 Å². The number of rotatable bonds is 5. The van der Waals surface area contributed by atoms with E-state index in [4.69, 9.17) is 5.11 Å². The van der Waals surface area contributed by atoms with E-state index in [-0.39, 0.29) is 18.3 Å². The molecule has 0 aliphatic carbocycles. The number of fused-ring (bicyclic) bond motifs is 2. The lowest BCUT2D eigenvalue weighted by Gasteiger charge is -2.28. The van der Waals surface area contributed by atoms with Gasteiger partial charge in [-0.1, -0.05) is 6.08 Å². The fourth-order valence-corrected chi connectivity index (χ4v) is 4.89. The summed E-state index contributed by atoms with van der Waals surface area (Å²) >= 11 is 0. The van der Waals surface area contributed by atoms with Crippen LogP contribution in [-0.4, -0.2) is 77.7 Å². The number of benzene rings is 1. The van der Waals surface area contributed by atoms with Crippen LogP contribution in [-0.2, 0) is 11.3 Å². The molecule has 8 heteroatoms. The SMILES string of the molecule is CN(CCO)C(=O)CN1CC=C(c2[nH]c3nccc4c3c2CN(C)c2ccc(F)cc2-4)CC1. The minimum Gasteiger partial charge on any atom is -0.395 e. The minimum atomic E-state index is -0.249. The van der Waals surface area contributed by atoms with Crippen molar-refractivity contribution in [2.75, 3.05) is 51.8 Å². The highest BCUT2D eigenvalue weighted by Crippen LogP contribution is 2.43. The average Bonchev–Trinajstić information content (AvgIpc) is 3.12.